The molecule has 4 rings (SSSR count). The smallest absolute Gasteiger partial charge is 0.294 e. The van der Waals surface area contributed by atoms with Crippen molar-refractivity contribution < 1.29 is 9.53 Å². The molecule has 29 heavy (non-hydrogen) atoms. The number of hydrogen-bond donors (Lipinski definition) is 1. The topological polar surface area (TPSA) is 86.1 Å². The first-order valence-electron chi connectivity index (χ1n) is 9.87. The Kier molecular flexibility index (Phi) is 5.62. The molecule has 2 heterocycles. The Bertz CT molecular complexity index is 1100. The number of nitrogens with zero attached hydrogens (tertiary/aromatic N) is 3. The molecule has 152 valence electrons. The summed E-state index contributed by atoms with van der Waals surface area (Å²) in [5.74, 6) is 0.515. The summed E-state index contributed by atoms with van der Waals surface area (Å²) < 4.78 is 7.28. The maximum absolute atomic E-state index is 12.9. The van der Waals surface area contributed by atoms with E-state index in [1.165, 1.54) is 22.4 Å². The van der Waals surface area contributed by atoms with E-state index in [9.17, 15) is 9.59 Å². The Morgan fingerprint density at radius 2 is 2.10 bits per heavy atom. The molecule has 0 saturated heterocycles. The summed E-state index contributed by atoms with van der Waals surface area (Å²) in [4.78, 5) is 29.9. The molecular formula is C21H24N4O3S. The van der Waals surface area contributed by atoms with Gasteiger partial charge in [0.1, 0.15) is 18.0 Å². The first-order valence-corrected chi connectivity index (χ1v) is 10.7. The van der Waals surface area contributed by atoms with Gasteiger partial charge in [0.25, 0.3) is 5.56 Å². The van der Waals surface area contributed by atoms with Crippen LogP contribution in [-0.4, -0.2) is 33.8 Å². The highest BCUT2D eigenvalue weighted by Crippen LogP contribution is 2.31. The van der Waals surface area contributed by atoms with Gasteiger partial charge in [-0.3, -0.25) is 9.59 Å². The largest absolute Gasteiger partial charge is 0.497 e. The molecule has 1 saturated carbocycles. The Morgan fingerprint density at radius 1 is 1.31 bits per heavy atom. The minimum absolute atomic E-state index is 0.112. The SMILES string of the molecule is COc1cccc(-c2nn(CC(=O)NC3CCCCC3)c(=O)c3nc(C)sc23)c1. The highest BCUT2D eigenvalue weighted by molar-refractivity contribution is 7.19. The van der Waals surface area contributed by atoms with E-state index in [4.69, 9.17) is 4.74 Å². The number of hydrogen-bond acceptors (Lipinski definition) is 6. The van der Waals surface area contributed by atoms with Gasteiger partial charge in [-0.15, -0.1) is 11.3 Å². The van der Waals surface area contributed by atoms with Crippen LogP contribution in [0, 0.1) is 6.92 Å². The Labute approximate surface area is 172 Å². The van der Waals surface area contributed by atoms with Crippen molar-refractivity contribution in [2.45, 2.75) is 51.6 Å². The maximum atomic E-state index is 12.9. The molecule has 1 fully saturated rings. The second-order valence-corrected chi connectivity index (χ2v) is 8.56. The third kappa shape index (κ3) is 4.17. The molecule has 1 amide bonds. The predicted molar refractivity (Wildman–Crippen MR) is 113 cm³/mol. The van der Waals surface area contributed by atoms with Gasteiger partial charge in [-0.05, 0) is 31.9 Å². The number of nitrogens with one attached hydrogen (secondary N) is 1. The van der Waals surface area contributed by atoms with Crippen LogP contribution in [0.1, 0.15) is 37.1 Å². The molecule has 0 radical (unpaired) electrons. The van der Waals surface area contributed by atoms with Gasteiger partial charge in [0.15, 0.2) is 5.52 Å². The van der Waals surface area contributed by atoms with Crippen LogP contribution in [0.3, 0.4) is 0 Å². The zero-order valence-electron chi connectivity index (χ0n) is 16.6. The molecule has 0 unspecified atom stereocenters. The molecule has 1 aromatic carbocycles. The van der Waals surface area contributed by atoms with Crippen molar-refractivity contribution >= 4 is 27.5 Å². The number of ether oxygens (including phenoxy) is 1. The van der Waals surface area contributed by atoms with Crippen LogP contribution >= 0.6 is 11.3 Å². The Balaban J connectivity index is 1.71. The molecule has 7 nitrogen and oxygen atoms in total. The third-order valence-electron chi connectivity index (χ3n) is 5.21. The van der Waals surface area contributed by atoms with Crippen molar-refractivity contribution in [3.63, 3.8) is 0 Å². The lowest BCUT2D eigenvalue weighted by atomic mass is 9.95. The van der Waals surface area contributed by atoms with Crippen molar-refractivity contribution in [2.75, 3.05) is 7.11 Å². The molecule has 0 atom stereocenters. The number of aromatic nitrogens is 3. The van der Waals surface area contributed by atoms with Crippen LogP contribution in [0.5, 0.6) is 5.75 Å². The second kappa shape index (κ2) is 8.32. The quantitative estimate of drug-likeness (QED) is 0.695. The fourth-order valence-electron chi connectivity index (χ4n) is 3.79. The van der Waals surface area contributed by atoms with Gasteiger partial charge in [0.2, 0.25) is 5.91 Å². The lowest BCUT2D eigenvalue weighted by molar-refractivity contribution is -0.122. The van der Waals surface area contributed by atoms with E-state index in [1.54, 1.807) is 7.11 Å². The average Bonchev–Trinajstić information content (AvgIpc) is 3.12. The third-order valence-corrected chi connectivity index (χ3v) is 6.19. The molecule has 0 aliphatic heterocycles. The zero-order valence-corrected chi connectivity index (χ0v) is 17.4. The van der Waals surface area contributed by atoms with Crippen molar-refractivity contribution in [1.82, 2.24) is 20.1 Å². The van der Waals surface area contributed by atoms with Crippen molar-refractivity contribution in [2.24, 2.45) is 0 Å². The highest BCUT2D eigenvalue weighted by Gasteiger charge is 2.20. The number of rotatable bonds is 5. The number of thiazole rings is 1. The lowest BCUT2D eigenvalue weighted by Gasteiger charge is -2.22. The van der Waals surface area contributed by atoms with E-state index in [-0.39, 0.29) is 24.1 Å². The number of aryl methyl sites for hydroxylation is 1. The van der Waals surface area contributed by atoms with E-state index in [1.807, 2.05) is 31.2 Å². The van der Waals surface area contributed by atoms with E-state index in [0.29, 0.717) is 17.0 Å². The number of benzene rings is 1. The van der Waals surface area contributed by atoms with Crippen LogP contribution in [0.2, 0.25) is 0 Å². The zero-order chi connectivity index (χ0) is 20.4. The molecule has 3 aromatic rings. The van der Waals surface area contributed by atoms with Gasteiger partial charge in [0.05, 0.1) is 16.8 Å². The molecule has 1 aliphatic rings. The summed E-state index contributed by atoms with van der Waals surface area (Å²) in [5, 5.41) is 8.38. The highest BCUT2D eigenvalue weighted by atomic mass is 32.1. The maximum Gasteiger partial charge on any atom is 0.294 e. The summed E-state index contributed by atoms with van der Waals surface area (Å²) in [6.07, 6.45) is 5.47. The van der Waals surface area contributed by atoms with Crippen LogP contribution in [-0.2, 0) is 11.3 Å². The molecule has 1 aliphatic carbocycles. The monoisotopic (exact) mass is 412 g/mol. The Morgan fingerprint density at radius 3 is 2.86 bits per heavy atom. The van der Waals surface area contributed by atoms with E-state index in [2.05, 4.69) is 15.4 Å². The van der Waals surface area contributed by atoms with Gasteiger partial charge in [-0.2, -0.15) is 5.10 Å². The summed E-state index contributed by atoms with van der Waals surface area (Å²) >= 11 is 1.43. The number of fused-ring (bicyclic) bond motifs is 1. The summed E-state index contributed by atoms with van der Waals surface area (Å²) in [7, 11) is 1.61. The fourth-order valence-corrected chi connectivity index (χ4v) is 4.71. The number of carbonyl (C=O) groups is 1. The summed E-state index contributed by atoms with van der Waals surface area (Å²) in [5.41, 5.74) is 1.47. The van der Waals surface area contributed by atoms with E-state index in [0.717, 1.165) is 41.0 Å². The van der Waals surface area contributed by atoms with Gasteiger partial charge in [-0.25, -0.2) is 9.67 Å². The van der Waals surface area contributed by atoms with E-state index < -0.39 is 0 Å². The lowest BCUT2D eigenvalue weighted by Crippen LogP contribution is -2.40. The first kappa shape index (κ1) is 19.6. The van der Waals surface area contributed by atoms with Gasteiger partial charge >= 0.3 is 0 Å². The van der Waals surface area contributed by atoms with Crippen LogP contribution in [0.25, 0.3) is 21.5 Å². The molecular weight excluding hydrogens is 388 g/mol. The number of carbonyl (C=O) groups excluding carboxylic acids is 1. The van der Waals surface area contributed by atoms with Crippen molar-refractivity contribution in [3.05, 3.63) is 39.6 Å². The Hall–Kier alpha value is -2.74. The minimum Gasteiger partial charge on any atom is -0.497 e. The van der Waals surface area contributed by atoms with Crippen molar-refractivity contribution in [1.29, 1.82) is 0 Å². The van der Waals surface area contributed by atoms with Crippen LogP contribution in [0.15, 0.2) is 29.1 Å². The first-order chi connectivity index (χ1) is 14.0. The predicted octanol–water partition coefficient (Wildman–Crippen LogP) is 3.29. The molecule has 2 aromatic heterocycles. The average molecular weight is 413 g/mol. The normalized spacial score (nSPS) is 14.8. The number of amides is 1. The van der Waals surface area contributed by atoms with Gasteiger partial charge in [0, 0.05) is 11.6 Å². The van der Waals surface area contributed by atoms with E-state index >= 15 is 0 Å². The molecule has 1 N–H and O–H groups in total. The van der Waals surface area contributed by atoms with Crippen molar-refractivity contribution in [3.8, 4) is 17.0 Å². The second-order valence-electron chi connectivity index (χ2n) is 7.36. The standard InChI is InChI=1S/C21H24N4O3S/c1-13-22-19-20(29-13)18(14-7-6-10-16(11-14)28-2)24-25(21(19)27)12-17(26)23-15-8-4-3-5-9-15/h6-7,10-11,15H,3-5,8-9,12H2,1-2H3,(H,23,26). The summed E-state index contributed by atoms with van der Waals surface area (Å²) in [6.45, 7) is 1.75. The summed E-state index contributed by atoms with van der Waals surface area (Å²) in [6, 6.07) is 7.70. The fraction of sp³-hybridized carbons (Fsp3) is 0.429. The van der Waals surface area contributed by atoms with Gasteiger partial charge < -0.3 is 10.1 Å². The number of methoxy groups -OCH3 is 1. The van der Waals surface area contributed by atoms with Crippen LogP contribution < -0.4 is 15.6 Å². The molecule has 8 heteroatoms. The molecule has 0 spiro atoms. The molecule has 0 bridgehead atoms. The van der Waals surface area contributed by atoms with Gasteiger partial charge in [-0.1, -0.05) is 31.4 Å². The minimum atomic E-state index is -0.338. The van der Waals surface area contributed by atoms with Crippen LogP contribution in [0.4, 0.5) is 0 Å².